The Labute approximate surface area is 121 Å². The lowest BCUT2D eigenvalue weighted by Gasteiger charge is -2.14. The van der Waals surface area contributed by atoms with Crippen molar-refractivity contribution in [3.8, 4) is 5.75 Å². The van der Waals surface area contributed by atoms with E-state index in [0.717, 1.165) is 13.2 Å². The second-order valence-electron chi connectivity index (χ2n) is 4.19. The van der Waals surface area contributed by atoms with Crippen LogP contribution in [-0.4, -0.2) is 30.1 Å². The van der Waals surface area contributed by atoms with E-state index in [9.17, 15) is 14.7 Å². The van der Waals surface area contributed by atoms with Gasteiger partial charge in [0.1, 0.15) is 11.5 Å². The summed E-state index contributed by atoms with van der Waals surface area (Å²) in [6.07, 6.45) is 0.643. The summed E-state index contributed by atoms with van der Waals surface area (Å²) in [7, 11) is 1.08. The first-order chi connectivity index (χ1) is 9.35. The van der Waals surface area contributed by atoms with E-state index in [2.05, 4.69) is 4.74 Å². The Morgan fingerprint density at radius 2 is 2.00 bits per heavy atom. The molecular formula is C14H15ClO5. The van der Waals surface area contributed by atoms with Crippen LogP contribution in [0.2, 0.25) is 5.02 Å². The van der Waals surface area contributed by atoms with Crippen LogP contribution in [0.4, 0.5) is 0 Å². The topological polar surface area (TPSA) is 72.8 Å². The first kappa shape index (κ1) is 16.0. The SMILES string of the molecule is COC(=O)C(=O)/C=C(/O)c1cc(Cl)ccc1OC(C)C. The number of ketones is 1. The van der Waals surface area contributed by atoms with Crippen LogP contribution in [-0.2, 0) is 14.3 Å². The minimum Gasteiger partial charge on any atom is -0.507 e. The first-order valence-electron chi connectivity index (χ1n) is 5.84. The lowest BCUT2D eigenvalue weighted by molar-refractivity contribution is -0.149. The molecule has 1 rings (SSSR count). The normalized spacial score (nSPS) is 11.3. The average Bonchev–Trinajstić information content (AvgIpc) is 2.39. The van der Waals surface area contributed by atoms with Crippen molar-refractivity contribution in [2.75, 3.05) is 7.11 Å². The van der Waals surface area contributed by atoms with E-state index in [4.69, 9.17) is 16.3 Å². The molecule has 0 aliphatic carbocycles. The summed E-state index contributed by atoms with van der Waals surface area (Å²) in [5.74, 6) is -2.10. The minimum atomic E-state index is -1.06. The fourth-order valence-corrected chi connectivity index (χ4v) is 1.59. The van der Waals surface area contributed by atoms with Gasteiger partial charge in [-0.15, -0.1) is 0 Å². The van der Waals surface area contributed by atoms with E-state index >= 15 is 0 Å². The molecule has 108 valence electrons. The Kier molecular flexibility index (Phi) is 5.58. The van der Waals surface area contributed by atoms with Crippen molar-refractivity contribution in [2.45, 2.75) is 20.0 Å². The molecule has 0 heterocycles. The molecule has 5 nitrogen and oxygen atoms in total. The van der Waals surface area contributed by atoms with Crippen LogP contribution in [0.3, 0.4) is 0 Å². The van der Waals surface area contributed by atoms with Crippen molar-refractivity contribution in [1.82, 2.24) is 0 Å². The Hall–Kier alpha value is -2.01. The summed E-state index contributed by atoms with van der Waals surface area (Å²) in [6, 6.07) is 4.61. The second kappa shape index (κ2) is 6.96. The lowest BCUT2D eigenvalue weighted by Crippen LogP contribution is -2.13. The number of methoxy groups -OCH3 is 1. The number of halogens is 1. The first-order valence-corrected chi connectivity index (χ1v) is 6.22. The predicted octanol–water partition coefficient (Wildman–Crippen LogP) is 2.77. The largest absolute Gasteiger partial charge is 0.507 e. The molecule has 0 bridgehead atoms. The molecule has 0 aromatic heterocycles. The molecule has 0 unspecified atom stereocenters. The number of aliphatic hydroxyl groups excluding tert-OH is 1. The average molecular weight is 299 g/mol. The van der Waals surface area contributed by atoms with Crippen LogP contribution in [0.25, 0.3) is 5.76 Å². The van der Waals surface area contributed by atoms with E-state index in [1.54, 1.807) is 12.1 Å². The van der Waals surface area contributed by atoms with Gasteiger partial charge in [-0.05, 0) is 32.0 Å². The number of aliphatic hydroxyl groups is 1. The smallest absolute Gasteiger partial charge is 0.378 e. The van der Waals surface area contributed by atoms with Gasteiger partial charge in [-0.1, -0.05) is 11.6 Å². The monoisotopic (exact) mass is 298 g/mol. The van der Waals surface area contributed by atoms with Crippen LogP contribution in [0.5, 0.6) is 5.75 Å². The maximum atomic E-state index is 11.4. The minimum absolute atomic E-state index is 0.126. The standard InChI is InChI=1S/C14H15ClO5/c1-8(2)20-13-5-4-9(15)6-10(13)11(16)7-12(17)14(18)19-3/h4-8,16H,1-3H3/b11-7+. The van der Waals surface area contributed by atoms with Gasteiger partial charge < -0.3 is 14.6 Å². The van der Waals surface area contributed by atoms with Gasteiger partial charge in [-0.2, -0.15) is 0 Å². The highest BCUT2D eigenvalue weighted by molar-refractivity contribution is 6.39. The van der Waals surface area contributed by atoms with Crippen LogP contribution in [0, 0.1) is 0 Å². The third-order valence-corrected chi connectivity index (χ3v) is 2.47. The van der Waals surface area contributed by atoms with Gasteiger partial charge in [0.05, 0.1) is 18.8 Å². The Morgan fingerprint density at radius 3 is 2.55 bits per heavy atom. The van der Waals surface area contributed by atoms with Crippen LogP contribution in [0.15, 0.2) is 24.3 Å². The molecule has 0 aliphatic rings. The van der Waals surface area contributed by atoms with Crippen molar-refractivity contribution >= 4 is 29.1 Å². The summed E-state index contributed by atoms with van der Waals surface area (Å²) >= 11 is 5.85. The van der Waals surface area contributed by atoms with Crippen LogP contribution in [0.1, 0.15) is 19.4 Å². The molecule has 0 atom stereocenters. The van der Waals surface area contributed by atoms with E-state index in [-0.39, 0.29) is 11.7 Å². The molecule has 1 N–H and O–H groups in total. The van der Waals surface area contributed by atoms with Gasteiger partial charge in [0.2, 0.25) is 0 Å². The molecule has 1 aromatic rings. The fraction of sp³-hybridized carbons (Fsp3) is 0.286. The summed E-state index contributed by atoms with van der Waals surface area (Å²) in [5, 5.41) is 10.3. The third kappa shape index (κ3) is 4.28. The van der Waals surface area contributed by atoms with Crippen molar-refractivity contribution in [3.63, 3.8) is 0 Å². The fourth-order valence-electron chi connectivity index (χ4n) is 1.42. The molecular weight excluding hydrogens is 284 g/mol. The van der Waals surface area contributed by atoms with Gasteiger partial charge in [0, 0.05) is 11.1 Å². The second-order valence-corrected chi connectivity index (χ2v) is 4.63. The molecule has 1 aromatic carbocycles. The number of hydrogen-bond donors (Lipinski definition) is 1. The maximum Gasteiger partial charge on any atom is 0.378 e. The number of carbonyl (C=O) groups excluding carboxylic acids is 2. The van der Waals surface area contributed by atoms with E-state index in [0.29, 0.717) is 10.8 Å². The number of esters is 1. The number of rotatable bonds is 5. The van der Waals surface area contributed by atoms with Gasteiger partial charge in [-0.25, -0.2) is 4.79 Å². The molecule has 0 saturated carbocycles. The summed E-state index contributed by atoms with van der Waals surface area (Å²) in [6.45, 7) is 3.64. The molecule has 0 saturated heterocycles. The quantitative estimate of drug-likeness (QED) is 0.392. The highest BCUT2D eigenvalue weighted by Gasteiger charge is 2.16. The van der Waals surface area contributed by atoms with Gasteiger partial charge in [0.15, 0.2) is 0 Å². The highest BCUT2D eigenvalue weighted by atomic mass is 35.5. The predicted molar refractivity (Wildman–Crippen MR) is 74.8 cm³/mol. The zero-order valence-corrected chi connectivity index (χ0v) is 12.1. The number of ether oxygens (including phenoxy) is 2. The summed E-state index contributed by atoms with van der Waals surface area (Å²) in [4.78, 5) is 22.4. The van der Waals surface area contributed by atoms with E-state index in [1.807, 2.05) is 13.8 Å². The van der Waals surface area contributed by atoms with Crippen molar-refractivity contribution in [3.05, 3.63) is 34.9 Å². The number of benzene rings is 1. The van der Waals surface area contributed by atoms with Crippen molar-refractivity contribution < 1.29 is 24.2 Å². The molecule has 20 heavy (non-hydrogen) atoms. The molecule has 0 amide bonds. The van der Waals surface area contributed by atoms with E-state index < -0.39 is 17.5 Å². The van der Waals surface area contributed by atoms with Gasteiger partial charge in [0.25, 0.3) is 5.78 Å². The Morgan fingerprint density at radius 1 is 1.35 bits per heavy atom. The number of hydrogen-bond acceptors (Lipinski definition) is 5. The molecule has 0 radical (unpaired) electrons. The Balaban J connectivity index is 3.16. The highest BCUT2D eigenvalue weighted by Crippen LogP contribution is 2.28. The van der Waals surface area contributed by atoms with Crippen molar-refractivity contribution in [2.24, 2.45) is 0 Å². The number of carbonyl (C=O) groups is 2. The van der Waals surface area contributed by atoms with Gasteiger partial charge >= 0.3 is 5.97 Å². The van der Waals surface area contributed by atoms with Gasteiger partial charge in [-0.3, -0.25) is 4.79 Å². The maximum absolute atomic E-state index is 11.4. The van der Waals surface area contributed by atoms with Crippen LogP contribution >= 0.6 is 11.6 Å². The third-order valence-electron chi connectivity index (χ3n) is 2.23. The van der Waals surface area contributed by atoms with E-state index in [1.165, 1.54) is 6.07 Å². The zero-order valence-electron chi connectivity index (χ0n) is 11.3. The molecule has 6 heteroatoms. The Bertz CT molecular complexity index is 548. The molecule has 0 fully saturated rings. The summed E-state index contributed by atoms with van der Waals surface area (Å²) < 4.78 is 9.77. The van der Waals surface area contributed by atoms with Crippen molar-refractivity contribution in [1.29, 1.82) is 0 Å². The van der Waals surface area contributed by atoms with Crippen LogP contribution < -0.4 is 4.74 Å². The molecule has 0 spiro atoms. The summed E-state index contributed by atoms with van der Waals surface area (Å²) in [5.41, 5.74) is 0.225. The lowest BCUT2D eigenvalue weighted by atomic mass is 10.1. The zero-order chi connectivity index (χ0) is 15.3. The molecule has 0 aliphatic heterocycles.